The van der Waals surface area contributed by atoms with Gasteiger partial charge in [0, 0.05) is 25.7 Å². The fourth-order valence-corrected chi connectivity index (χ4v) is 2.13. The largest absolute Gasteiger partial charge is 0.394 e. The quantitative estimate of drug-likeness (QED) is 0.612. The van der Waals surface area contributed by atoms with Crippen molar-refractivity contribution in [2.45, 2.75) is 38.3 Å². The van der Waals surface area contributed by atoms with Gasteiger partial charge in [-0.3, -0.25) is 4.90 Å². The molecule has 0 aromatic rings. The molecule has 5 heteroatoms. The van der Waals surface area contributed by atoms with E-state index in [1.54, 1.807) is 0 Å². The number of carbonyl (C=O) groups excluding carboxylic acids is 1. The maximum atomic E-state index is 11.7. The van der Waals surface area contributed by atoms with Crippen molar-refractivity contribution in [1.82, 2.24) is 15.5 Å². The van der Waals surface area contributed by atoms with Crippen molar-refractivity contribution in [2.24, 2.45) is 0 Å². The Hall–Kier alpha value is -1.07. The number of piperidine rings is 1. The topological polar surface area (TPSA) is 64.6 Å². The van der Waals surface area contributed by atoms with Crippen LogP contribution in [0.15, 0.2) is 12.7 Å². The van der Waals surface area contributed by atoms with Crippen LogP contribution in [0.3, 0.4) is 0 Å². The fraction of sp³-hybridized carbons (Fsp3) is 0.769. The lowest BCUT2D eigenvalue weighted by molar-refractivity contribution is 0.194. The average Bonchev–Trinajstić information content (AvgIpc) is 2.38. The monoisotopic (exact) mass is 255 g/mol. The third kappa shape index (κ3) is 5.06. The minimum absolute atomic E-state index is 0.0122. The number of carbonyl (C=O) groups is 1. The Kier molecular flexibility index (Phi) is 6.75. The number of nitrogens with zero attached hydrogens (tertiary/aromatic N) is 1. The summed E-state index contributed by atoms with van der Waals surface area (Å²) in [4.78, 5) is 14.0. The van der Waals surface area contributed by atoms with Crippen molar-refractivity contribution in [3.8, 4) is 0 Å². The number of amides is 2. The molecule has 3 N–H and O–H groups in total. The first-order chi connectivity index (χ1) is 8.69. The molecule has 1 fully saturated rings. The summed E-state index contributed by atoms with van der Waals surface area (Å²) < 4.78 is 0. The number of likely N-dealkylation sites (tertiary alicyclic amines) is 1. The zero-order valence-electron chi connectivity index (χ0n) is 11.2. The predicted molar refractivity (Wildman–Crippen MR) is 72.5 cm³/mol. The molecule has 0 radical (unpaired) electrons. The van der Waals surface area contributed by atoms with Crippen LogP contribution in [0.2, 0.25) is 0 Å². The highest BCUT2D eigenvalue weighted by molar-refractivity contribution is 5.74. The van der Waals surface area contributed by atoms with E-state index >= 15 is 0 Å². The van der Waals surface area contributed by atoms with E-state index in [2.05, 4.69) is 22.1 Å². The summed E-state index contributed by atoms with van der Waals surface area (Å²) in [5, 5.41) is 14.8. The highest BCUT2D eigenvalue weighted by atomic mass is 16.3. The van der Waals surface area contributed by atoms with Crippen molar-refractivity contribution in [3.63, 3.8) is 0 Å². The molecule has 1 aliphatic rings. The molecule has 1 saturated heterocycles. The molecule has 1 atom stereocenters. The SMILES string of the molecule is C=CCN1CCC(NC(=O)NC(CC)CO)CC1. The van der Waals surface area contributed by atoms with Crippen molar-refractivity contribution in [3.05, 3.63) is 12.7 Å². The Balaban J connectivity index is 2.23. The van der Waals surface area contributed by atoms with Crippen LogP contribution in [0.25, 0.3) is 0 Å². The molecule has 0 bridgehead atoms. The number of aliphatic hydroxyl groups excluding tert-OH is 1. The predicted octanol–water partition coefficient (Wildman–Crippen LogP) is 0.707. The van der Waals surface area contributed by atoms with Gasteiger partial charge >= 0.3 is 6.03 Å². The van der Waals surface area contributed by atoms with Crippen molar-refractivity contribution in [2.75, 3.05) is 26.2 Å². The van der Waals surface area contributed by atoms with Crippen LogP contribution >= 0.6 is 0 Å². The summed E-state index contributed by atoms with van der Waals surface area (Å²) in [7, 11) is 0. The summed E-state index contributed by atoms with van der Waals surface area (Å²) in [6, 6.07) is -0.0776. The molecule has 0 aliphatic carbocycles. The summed E-state index contributed by atoms with van der Waals surface area (Å²) in [6.07, 6.45) is 4.59. The number of hydrogen-bond donors (Lipinski definition) is 3. The van der Waals surface area contributed by atoms with Gasteiger partial charge in [-0.2, -0.15) is 0 Å². The number of aliphatic hydroxyl groups is 1. The van der Waals surface area contributed by atoms with Crippen molar-refractivity contribution >= 4 is 6.03 Å². The van der Waals surface area contributed by atoms with Gasteiger partial charge in [0.2, 0.25) is 0 Å². The van der Waals surface area contributed by atoms with Crippen LogP contribution < -0.4 is 10.6 Å². The second kappa shape index (κ2) is 8.11. The number of hydrogen-bond acceptors (Lipinski definition) is 3. The van der Waals surface area contributed by atoms with Crippen LogP contribution in [0.1, 0.15) is 26.2 Å². The Morgan fingerprint density at radius 3 is 2.72 bits per heavy atom. The van der Waals surface area contributed by atoms with E-state index in [4.69, 9.17) is 5.11 Å². The summed E-state index contributed by atoms with van der Waals surface area (Å²) in [5.41, 5.74) is 0. The second-order valence-corrected chi connectivity index (χ2v) is 4.77. The minimum atomic E-state index is -0.168. The molecule has 104 valence electrons. The van der Waals surface area contributed by atoms with Gasteiger partial charge in [0.15, 0.2) is 0 Å². The molecule has 1 aliphatic heterocycles. The normalized spacial score (nSPS) is 19.2. The number of nitrogens with one attached hydrogen (secondary N) is 2. The summed E-state index contributed by atoms with van der Waals surface area (Å²) in [5.74, 6) is 0. The first-order valence-corrected chi connectivity index (χ1v) is 6.70. The van der Waals surface area contributed by atoms with E-state index in [0.29, 0.717) is 0 Å². The Morgan fingerprint density at radius 1 is 1.56 bits per heavy atom. The summed E-state index contributed by atoms with van der Waals surface area (Å²) in [6.45, 7) is 8.56. The first kappa shape index (κ1) is 15.0. The Morgan fingerprint density at radius 2 is 2.22 bits per heavy atom. The van der Waals surface area contributed by atoms with Gasteiger partial charge in [0.25, 0.3) is 0 Å². The van der Waals surface area contributed by atoms with Gasteiger partial charge in [0.05, 0.1) is 12.6 Å². The van der Waals surface area contributed by atoms with E-state index < -0.39 is 0 Å². The lowest BCUT2D eigenvalue weighted by Crippen LogP contribution is -2.50. The molecule has 5 nitrogen and oxygen atoms in total. The highest BCUT2D eigenvalue weighted by Gasteiger charge is 2.20. The average molecular weight is 255 g/mol. The molecule has 18 heavy (non-hydrogen) atoms. The smallest absolute Gasteiger partial charge is 0.315 e. The minimum Gasteiger partial charge on any atom is -0.394 e. The number of urea groups is 1. The zero-order chi connectivity index (χ0) is 13.4. The molecule has 2 amide bonds. The van der Waals surface area contributed by atoms with Gasteiger partial charge in [-0.15, -0.1) is 6.58 Å². The Bertz CT molecular complexity index is 259. The van der Waals surface area contributed by atoms with Gasteiger partial charge < -0.3 is 15.7 Å². The standard InChI is InChI=1S/C13H25N3O2/c1-3-7-16-8-5-12(6-9-16)15-13(18)14-11(4-2)10-17/h3,11-12,17H,1,4-10H2,2H3,(H2,14,15,18). The van der Waals surface area contributed by atoms with E-state index in [-0.39, 0.29) is 24.7 Å². The van der Waals surface area contributed by atoms with Gasteiger partial charge in [-0.05, 0) is 19.3 Å². The number of rotatable bonds is 6. The van der Waals surface area contributed by atoms with Crippen LogP contribution in [-0.2, 0) is 0 Å². The van der Waals surface area contributed by atoms with Crippen LogP contribution in [0.5, 0.6) is 0 Å². The molecule has 1 unspecified atom stereocenters. The molecular weight excluding hydrogens is 230 g/mol. The van der Waals surface area contributed by atoms with E-state index in [1.165, 1.54) is 0 Å². The highest BCUT2D eigenvalue weighted by Crippen LogP contribution is 2.09. The van der Waals surface area contributed by atoms with Gasteiger partial charge in [-0.25, -0.2) is 4.79 Å². The Labute approximate surface area is 109 Å². The maximum Gasteiger partial charge on any atom is 0.315 e. The first-order valence-electron chi connectivity index (χ1n) is 6.70. The van der Waals surface area contributed by atoms with Crippen molar-refractivity contribution < 1.29 is 9.90 Å². The molecule has 0 aromatic carbocycles. The van der Waals surface area contributed by atoms with Gasteiger partial charge in [0.1, 0.15) is 0 Å². The second-order valence-electron chi connectivity index (χ2n) is 4.77. The zero-order valence-corrected chi connectivity index (χ0v) is 11.2. The summed E-state index contributed by atoms with van der Waals surface area (Å²) >= 11 is 0. The van der Waals surface area contributed by atoms with E-state index in [1.807, 2.05) is 13.0 Å². The molecular formula is C13H25N3O2. The lowest BCUT2D eigenvalue weighted by atomic mass is 10.1. The third-order valence-corrected chi connectivity index (χ3v) is 3.36. The van der Waals surface area contributed by atoms with Crippen LogP contribution in [0.4, 0.5) is 4.79 Å². The van der Waals surface area contributed by atoms with Crippen LogP contribution in [0, 0.1) is 0 Å². The van der Waals surface area contributed by atoms with Crippen LogP contribution in [-0.4, -0.2) is 54.4 Å². The fourth-order valence-electron chi connectivity index (χ4n) is 2.13. The molecule has 1 rings (SSSR count). The van der Waals surface area contributed by atoms with Crippen molar-refractivity contribution in [1.29, 1.82) is 0 Å². The van der Waals surface area contributed by atoms with E-state index in [9.17, 15) is 4.79 Å². The van der Waals surface area contributed by atoms with E-state index in [0.717, 1.165) is 38.9 Å². The molecule has 0 aromatic heterocycles. The molecule has 0 saturated carbocycles. The molecule has 1 heterocycles. The molecule has 0 spiro atoms. The lowest BCUT2D eigenvalue weighted by Gasteiger charge is -2.31. The maximum absolute atomic E-state index is 11.7. The third-order valence-electron chi connectivity index (χ3n) is 3.36. The van der Waals surface area contributed by atoms with Gasteiger partial charge in [-0.1, -0.05) is 13.0 Å².